The van der Waals surface area contributed by atoms with Crippen molar-refractivity contribution >= 4 is 22.5 Å². The molecule has 0 aliphatic carbocycles. The summed E-state index contributed by atoms with van der Waals surface area (Å²) in [7, 11) is 0. The summed E-state index contributed by atoms with van der Waals surface area (Å²) >= 11 is 0. The number of carbonyl (C=O) groups is 1. The van der Waals surface area contributed by atoms with Crippen molar-refractivity contribution in [1.29, 1.82) is 0 Å². The molecule has 1 fully saturated rings. The van der Waals surface area contributed by atoms with Crippen molar-refractivity contribution in [2.75, 3.05) is 4.90 Å². The number of rotatable bonds is 2. The van der Waals surface area contributed by atoms with E-state index in [1.54, 1.807) is 6.20 Å². The van der Waals surface area contributed by atoms with Gasteiger partial charge in [0.05, 0.1) is 23.7 Å². The van der Waals surface area contributed by atoms with Crippen molar-refractivity contribution in [3.8, 4) is 5.75 Å². The van der Waals surface area contributed by atoms with Crippen LogP contribution >= 0.6 is 0 Å². The minimum absolute atomic E-state index is 0.0843. The second-order valence-corrected chi connectivity index (χ2v) is 5.99. The number of para-hydroxylation sites is 1. The molecule has 1 amide bonds. The number of nitrogens with zero attached hydrogens (tertiary/aromatic N) is 2. The van der Waals surface area contributed by atoms with E-state index >= 15 is 0 Å². The van der Waals surface area contributed by atoms with Gasteiger partial charge in [-0.25, -0.2) is 0 Å². The van der Waals surface area contributed by atoms with Crippen LogP contribution in [0.3, 0.4) is 0 Å². The lowest BCUT2D eigenvalue weighted by atomic mass is 9.91. The number of anilines is 1. The molecule has 2 aromatic carbocycles. The van der Waals surface area contributed by atoms with Gasteiger partial charge >= 0.3 is 0 Å². The number of hydrogen-bond donors (Lipinski definition) is 0. The Balaban J connectivity index is 1.60. The fourth-order valence-electron chi connectivity index (χ4n) is 3.40. The lowest BCUT2D eigenvalue weighted by Gasteiger charge is -2.41. The molecule has 0 bridgehead atoms. The highest BCUT2D eigenvalue weighted by atomic mass is 16.5. The number of ether oxygens (including phenoxy) is 1. The summed E-state index contributed by atoms with van der Waals surface area (Å²) < 4.78 is 5.36. The van der Waals surface area contributed by atoms with Crippen LogP contribution in [0, 0.1) is 0 Å². The van der Waals surface area contributed by atoms with Crippen LogP contribution in [-0.2, 0) is 11.4 Å². The van der Waals surface area contributed by atoms with Crippen molar-refractivity contribution in [3.63, 3.8) is 0 Å². The van der Waals surface area contributed by atoms with Crippen molar-refractivity contribution < 1.29 is 9.53 Å². The van der Waals surface area contributed by atoms with Crippen molar-refractivity contribution in [3.05, 3.63) is 65.9 Å². The zero-order valence-corrected chi connectivity index (χ0v) is 12.4. The van der Waals surface area contributed by atoms with Gasteiger partial charge in [-0.1, -0.05) is 24.3 Å². The molecule has 5 rings (SSSR count). The van der Waals surface area contributed by atoms with E-state index in [-0.39, 0.29) is 11.9 Å². The minimum atomic E-state index is 0.0843. The number of β-lactam (4-membered cyclic amide) rings is 1. The highest BCUT2D eigenvalue weighted by molar-refractivity contribution is 6.07. The van der Waals surface area contributed by atoms with Crippen LogP contribution < -0.4 is 9.64 Å². The predicted molar refractivity (Wildman–Crippen MR) is 87.4 cm³/mol. The number of benzene rings is 2. The van der Waals surface area contributed by atoms with Gasteiger partial charge in [0, 0.05) is 17.1 Å². The van der Waals surface area contributed by atoms with Crippen LogP contribution in [0.25, 0.3) is 10.9 Å². The molecular formula is C19H14N2O2. The second-order valence-electron chi connectivity index (χ2n) is 5.99. The molecule has 23 heavy (non-hydrogen) atoms. The highest BCUT2D eigenvalue weighted by Gasteiger charge is 2.39. The zero-order chi connectivity index (χ0) is 15.4. The van der Waals surface area contributed by atoms with Crippen LogP contribution in [0.15, 0.2) is 54.7 Å². The SMILES string of the molecule is O=C1CC(c2ccc3c(c2)CO3)N1c1cccc2cccnc12. The summed E-state index contributed by atoms with van der Waals surface area (Å²) in [5.41, 5.74) is 4.15. The molecular weight excluding hydrogens is 288 g/mol. The number of pyridine rings is 1. The Bertz CT molecular complexity index is 946. The molecule has 0 N–H and O–H groups in total. The van der Waals surface area contributed by atoms with Crippen LogP contribution in [0.2, 0.25) is 0 Å². The Labute approximate surface area is 133 Å². The van der Waals surface area contributed by atoms with Gasteiger partial charge in [-0.2, -0.15) is 0 Å². The van der Waals surface area contributed by atoms with Crippen molar-refractivity contribution in [2.45, 2.75) is 19.1 Å². The predicted octanol–water partition coefficient (Wildman–Crippen LogP) is 3.61. The van der Waals surface area contributed by atoms with Gasteiger partial charge in [-0.05, 0) is 29.8 Å². The standard InChI is InChI=1S/C19H14N2O2/c22-18-10-16(13-6-7-17-14(9-13)11-23-17)21(18)15-5-1-3-12-4-2-8-20-19(12)15/h1-9,16H,10-11H2. The molecule has 4 nitrogen and oxygen atoms in total. The average molecular weight is 302 g/mol. The molecule has 3 aromatic rings. The molecule has 2 aliphatic rings. The summed E-state index contributed by atoms with van der Waals surface area (Å²) in [5.74, 6) is 1.10. The third-order valence-electron chi connectivity index (χ3n) is 4.67. The second kappa shape index (κ2) is 4.56. The molecule has 1 aromatic heterocycles. The zero-order valence-electron chi connectivity index (χ0n) is 12.4. The van der Waals surface area contributed by atoms with E-state index < -0.39 is 0 Å². The first kappa shape index (κ1) is 12.6. The number of hydrogen-bond acceptors (Lipinski definition) is 3. The fourth-order valence-corrected chi connectivity index (χ4v) is 3.40. The monoisotopic (exact) mass is 302 g/mol. The van der Waals surface area contributed by atoms with Crippen LogP contribution in [0.5, 0.6) is 5.75 Å². The minimum Gasteiger partial charge on any atom is -0.488 e. The Hall–Kier alpha value is -2.88. The van der Waals surface area contributed by atoms with Crippen LogP contribution in [0.1, 0.15) is 23.6 Å². The first-order chi connectivity index (χ1) is 11.3. The van der Waals surface area contributed by atoms with Gasteiger partial charge in [-0.3, -0.25) is 9.78 Å². The van der Waals surface area contributed by atoms with Gasteiger partial charge < -0.3 is 9.64 Å². The summed E-state index contributed by atoms with van der Waals surface area (Å²) in [6.45, 7) is 0.666. The van der Waals surface area contributed by atoms with Gasteiger partial charge in [0.25, 0.3) is 0 Å². The van der Waals surface area contributed by atoms with Crippen molar-refractivity contribution in [2.24, 2.45) is 0 Å². The normalized spacial score (nSPS) is 18.9. The van der Waals surface area contributed by atoms with Crippen LogP contribution in [0.4, 0.5) is 5.69 Å². The lowest BCUT2D eigenvalue weighted by molar-refractivity contribution is -0.124. The summed E-state index contributed by atoms with van der Waals surface area (Å²) in [6.07, 6.45) is 2.32. The van der Waals surface area contributed by atoms with Crippen molar-refractivity contribution in [1.82, 2.24) is 4.98 Å². The van der Waals surface area contributed by atoms with E-state index in [4.69, 9.17) is 4.74 Å². The summed E-state index contributed by atoms with van der Waals surface area (Å²) in [5, 5.41) is 1.05. The van der Waals surface area contributed by atoms with Gasteiger partial charge in [0.15, 0.2) is 0 Å². The maximum Gasteiger partial charge on any atom is 0.230 e. The van der Waals surface area contributed by atoms with Gasteiger partial charge in [0.2, 0.25) is 5.91 Å². The first-order valence-electron chi connectivity index (χ1n) is 7.73. The summed E-state index contributed by atoms with van der Waals surface area (Å²) in [6, 6.07) is 16.2. The molecule has 2 aliphatic heterocycles. The molecule has 3 heterocycles. The molecule has 0 radical (unpaired) electrons. The lowest BCUT2D eigenvalue weighted by Crippen LogP contribution is -2.46. The summed E-state index contributed by atoms with van der Waals surface area (Å²) in [4.78, 5) is 18.6. The number of fused-ring (bicyclic) bond motifs is 2. The third-order valence-corrected chi connectivity index (χ3v) is 4.67. The third kappa shape index (κ3) is 1.78. The highest BCUT2D eigenvalue weighted by Crippen LogP contribution is 2.43. The Morgan fingerprint density at radius 2 is 2.04 bits per heavy atom. The molecule has 1 atom stereocenters. The molecule has 1 unspecified atom stereocenters. The number of amides is 1. The van der Waals surface area contributed by atoms with E-state index in [2.05, 4.69) is 17.1 Å². The first-order valence-corrected chi connectivity index (χ1v) is 7.73. The smallest absolute Gasteiger partial charge is 0.230 e. The topological polar surface area (TPSA) is 42.4 Å². The average Bonchev–Trinajstić information content (AvgIpc) is 2.54. The quantitative estimate of drug-likeness (QED) is 0.679. The number of aromatic nitrogens is 1. The van der Waals surface area contributed by atoms with E-state index in [1.807, 2.05) is 41.3 Å². The van der Waals surface area contributed by atoms with Gasteiger partial charge in [0.1, 0.15) is 12.4 Å². The maximum atomic E-state index is 12.3. The van der Waals surface area contributed by atoms with E-state index in [0.29, 0.717) is 13.0 Å². The molecule has 1 saturated heterocycles. The maximum absolute atomic E-state index is 12.3. The van der Waals surface area contributed by atoms with E-state index in [0.717, 1.165) is 22.3 Å². The van der Waals surface area contributed by atoms with Gasteiger partial charge in [-0.15, -0.1) is 0 Å². The molecule has 4 heteroatoms. The molecule has 112 valence electrons. The Morgan fingerprint density at radius 1 is 1.13 bits per heavy atom. The van der Waals surface area contributed by atoms with E-state index in [9.17, 15) is 4.79 Å². The Morgan fingerprint density at radius 3 is 2.83 bits per heavy atom. The fraction of sp³-hybridized carbons (Fsp3) is 0.158. The van der Waals surface area contributed by atoms with Crippen LogP contribution in [-0.4, -0.2) is 10.9 Å². The number of carbonyl (C=O) groups excluding carboxylic acids is 1. The largest absolute Gasteiger partial charge is 0.488 e. The molecule has 0 saturated carbocycles. The van der Waals surface area contributed by atoms with E-state index in [1.165, 1.54) is 11.1 Å². The molecule has 0 spiro atoms. The Kier molecular flexibility index (Phi) is 2.50.